The molecule has 4 nitrogen and oxygen atoms in total. The van der Waals surface area contributed by atoms with Gasteiger partial charge in [-0.25, -0.2) is 0 Å². The van der Waals surface area contributed by atoms with E-state index in [0.717, 1.165) is 17.0 Å². The number of aryl methyl sites for hydroxylation is 2. The lowest BCUT2D eigenvalue weighted by Gasteiger charge is -2.11. The molecule has 1 aromatic carbocycles. The molecule has 0 aliphatic carbocycles. The third-order valence-electron chi connectivity index (χ3n) is 3.42. The number of nitrogens with zero attached hydrogens (tertiary/aromatic N) is 1. The molecule has 0 atom stereocenters. The lowest BCUT2D eigenvalue weighted by molar-refractivity contribution is 0.326. The fourth-order valence-corrected chi connectivity index (χ4v) is 2.32. The Labute approximate surface area is 136 Å². The summed E-state index contributed by atoms with van der Waals surface area (Å²) in [6.45, 7) is 7.88. The number of methoxy groups -OCH3 is 1. The maximum absolute atomic E-state index is 11.5. The predicted molar refractivity (Wildman–Crippen MR) is 94.1 cm³/mol. The summed E-state index contributed by atoms with van der Waals surface area (Å²) in [4.78, 5) is 11.5. The van der Waals surface area contributed by atoms with Crippen molar-refractivity contribution in [3.8, 4) is 11.5 Å². The summed E-state index contributed by atoms with van der Waals surface area (Å²) in [6, 6.07) is 8.95. The van der Waals surface area contributed by atoms with Crippen LogP contribution < -0.4 is 14.9 Å². The Bertz CT molecular complexity index is 761. The van der Waals surface area contributed by atoms with E-state index >= 15 is 0 Å². The first-order valence-electron chi connectivity index (χ1n) is 7.35. The molecule has 0 radical (unpaired) electrons. The molecule has 2 rings (SSSR count). The molecule has 0 aliphatic heterocycles. The van der Waals surface area contributed by atoms with Crippen LogP contribution in [0.2, 0.25) is 0 Å². The van der Waals surface area contributed by atoms with Crippen LogP contribution >= 0.6 is 0 Å². The van der Waals surface area contributed by atoms with Gasteiger partial charge in [0.15, 0.2) is 16.9 Å². The number of hydrogen-bond acceptors (Lipinski definition) is 3. The van der Waals surface area contributed by atoms with Crippen LogP contribution in [0.4, 0.5) is 0 Å². The normalized spacial score (nSPS) is 10.7. The highest BCUT2D eigenvalue weighted by Gasteiger charge is 2.04. The van der Waals surface area contributed by atoms with Gasteiger partial charge in [-0.3, -0.25) is 4.79 Å². The highest BCUT2D eigenvalue weighted by Crippen LogP contribution is 2.28. The van der Waals surface area contributed by atoms with Crippen LogP contribution in [-0.4, -0.2) is 18.3 Å². The van der Waals surface area contributed by atoms with Crippen LogP contribution in [0.15, 0.2) is 47.8 Å². The molecule has 0 spiro atoms. The van der Waals surface area contributed by atoms with Crippen molar-refractivity contribution in [3.05, 3.63) is 70.2 Å². The fraction of sp³-hybridized carbons (Fsp3) is 0.211. The van der Waals surface area contributed by atoms with Gasteiger partial charge in [0.05, 0.1) is 7.11 Å². The third-order valence-corrected chi connectivity index (χ3v) is 3.42. The summed E-state index contributed by atoms with van der Waals surface area (Å²) in [5.41, 5.74) is 2.78. The van der Waals surface area contributed by atoms with Gasteiger partial charge in [-0.15, -0.1) is 0 Å². The van der Waals surface area contributed by atoms with E-state index in [4.69, 9.17) is 9.47 Å². The van der Waals surface area contributed by atoms with Crippen molar-refractivity contribution in [1.82, 2.24) is 4.57 Å². The van der Waals surface area contributed by atoms with Gasteiger partial charge in [0, 0.05) is 29.7 Å². The van der Waals surface area contributed by atoms with Crippen molar-refractivity contribution >= 4 is 12.3 Å². The number of ether oxygens (including phenoxy) is 2. The van der Waals surface area contributed by atoms with Crippen LogP contribution in [0.5, 0.6) is 11.5 Å². The predicted octanol–water partition coefficient (Wildman–Crippen LogP) is 3.67. The van der Waals surface area contributed by atoms with Crippen LogP contribution in [0.3, 0.4) is 0 Å². The van der Waals surface area contributed by atoms with Crippen molar-refractivity contribution in [3.63, 3.8) is 0 Å². The van der Waals surface area contributed by atoms with Gasteiger partial charge in [-0.2, -0.15) is 0 Å². The summed E-state index contributed by atoms with van der Waals surface area (Å²) in [5.74, 6) is 1.35. The van der Waals surface area contributed by atoms with E-state index in [2.05, 4.69) is 6.58 Å². The van der Waals surface area contributed by atoms with Gasteiger partial charge in [-0.1, -0.05) is 18.7 Å². The van der Waals surface area contributed by atoms with Gasteiger partial charge in [0.1, 0.15) is 6.61 Å². The van der Waals surface area contributed by atoms with E-state index in [1.165, 1.54) is 0 Å². The molecule has 4 heteroatoms. The first-order valence-corrected chi connectivity index (χ1v) is 7.35. The Morgan fingerprint density at radius 2 is 1.83 bits per heavy atom. The lowest BCUT2D eigenvalue weighted by Crippen LogP contribution is -2.08. The Morgan fingerprint density at radius 1 is 1.13 bits per heavy atom. The van der Waals surface area contributed by atoms with Crippen LogP contribution in [0.1, 0.15) is 17.0 Å². The topological polar surface area (TPSA) is 40.5 Å². The first-order chi connectivity index (χ1) is 11.0. The maximum Gasteiger partial charge on any atom is 0.182 e. The van der Waals surface area contributed by atoms with E-state index in [1.807, 2.05) is 48.9 Å². The van der Waals surface area contributed by atoms with Gasteiger partial charge in [0.2, 0.25) is 0 Å². The van der Waals surface area contributed by atoms with Gasteiger partial charge >= 0.3 is 0 Å². The zero-order valence-electron chi connectivity index (χ0n) is 13.7. The minimum atomic E-state index is 0.0224. The monoisotopic (exact) mass is 311 g/mol. The van der Waals surface area contributed by atoms with Gasteiger partial charge in [0.25, 0.3) is 0 Å². The third kappa shape index (κ3) is 4.13. The van der Waals surface area contributed by atoms with Crippen LogP contribution in [-0.2, 0) is 0 Å². The van der Waals surface area contributed by atoms with Crippen molar-refractivity contribution in [1.29, 1.82) is 0 Å². The van der Waals surface area contributed by atoms with E-state index < -0.39 is 0 Å². The van der Waals surface area contributed by atoms with Gasteiger partial charge in [-0.05, 0) is 37.6 Å². The first kappa shape index (κ1) is 16.6. The van der Waals surface area contributed by atoms with Crippen molar-refractivity contribution < 1.29 is 9.47 Å². The van der Waals surface area contributed by atoms with E-state index in [9.17, 15) is 4.79 Å². The summed E-state index contributed by atoms with van der Waals surface area (Å²) < 4.78 is 12.9. The van der Waals surface area contributed by atoms with Crippen molar-refractivity contribution in [2.45, 2.75) is 13.8 Å². The standard InChI is InChI=1S/C19H21NO3/c1-5-10-23-19-13-16(6-7-18(19)22-4)8-9-20-14(2)11-17(21)12-15(20)3/h5-9,11-13H,1,10H2,2-4H3/b9-8+. The Hall–Kier alpha value is -2.75. The average molecular weight is 311 g/mol. The number of rotatable bonds is 6. The zero-order chi connectivity index (χ0) is 16.8. The molecule has 0 bridgehead atoms. The summed E-state index contributed by atoms with van der Waals surface area (Å²) >= 11 is 0. The molecule has 0 saturated heterocycles. The molecule has 120 valence electrons. The van der Waals surface area contributed by atoms with Crippen molar-refractivity contribution in [2.75, 3.05) is 13.7 Å². The molecule has 1 aromatic heterocycles. The molecule has 1 heterocycles. The molecule has 0 saturated carbocycles. The quantitative estimate of drug-likeness (QED) is 0.764. The molecule has 0 N–H and O–H groups in total. The average Bonchev–Trinajstić information content (AvgIpc) is 2.52. The highest BCUT2D eigenvalue weighted by atomic mass is 16.5. The molecule has 2 aromatic rings. The van der Waals surface area contributed by atoms with Crippen LogP contribution in [0, 0.1) is 13.8 Å². The second-order valence-corrected chi connectivity index (χ2v) is 5.17. The van der Waals surface area contributed by atoms with E-state index in [-0.39, 0.29) is 5.43 Å². The molecule has 0 fully saturated rings. The molecule has 0 amide bonds. The van der Waals surface area contributed by atoms with E-state index in [1.54, 1.807) is 25.3 Å². The summed E-state index contributed by atoms with van der Waals surface area (Å²) in [5, 5.41) is 0. The van der Waals surface area contributed by atoms with E-state index in [0.29, 0.717) is 18.1 Å². The Balaban J connectivity index is 2.33. The SMILES string of the molecule is C=CCOc1cc(/C=C/n2c(C)cc(=O)cc2C)ccc1OC. The molecule has 0 aliphatic rings. The minimum absolute atomic E-state index is 0.0224. The zero-order valence-corrected chi connectivity index (χ0v) is 13.7. The summed E-state index contributed by atoms with van der Waals surface area (Å²) in [6.07, 6.45) is 5.59. The van der Waals surface area contributed by atoms with Crippen LogP contribution in [0.25, 0.3) is 12.3 Å². The molecular weight excluding hydrogens is 290 g/mol. The smallest absolute Gasteiger partial charge is 0.182 e. The number of pyridine rings is 1. The second-order valence-electron chi connectivity index (χ2n) is 5.17. The minimum Gasteiger partial charge on any atom is -0.493 e. The number of aromatic nitrogens is 1. The number of benzene rings is 1. The molecule has 0 unspecified atom stereocenters. The van der Waals surface area contributed by atoms with Gasteiger partial charge < -0.3 is 14.0 Å². The largest absolute Gasteiger partial charge is 0.493 e. The molecular formula is C19H21NO3. The fourth-order valence-electron chi connectivity index (χ4n) is 2.32. The maximum atomic E-state index is 11.5. The molecule has 23 heavy (non-hydrogen) atoms. The Morgan fingerprint density at radius 3 is 2.43 bits per heavy atom. The van der Waals surface area contributed by atoms with Crippen molar-refractivity contribution in [2.24, 2.45) is 0 Å². The number of hydrogen-bond donors (Lipinski definition) is 0. The lowest BCUT2D eigenvalue weighted by atomic mass is 10.2. The highest BCUT2D eigenvalue weighted by molar-refractivity contribution is 5.64. The second kappa shape index (κ2) is 7.49. The Kier molecular flexibility index (Phi) is 5.41. The summed E-state index contributed by atoms with van der Waals surface area (Å²) in [7, 11) is 1.61.